The van der Waals surface area contributed by atoms with Crippen molar-refractivity contribution in [2.75, 3.05) is 12.4 Å². The summed E-state index contributed by atoms with van der Waals surface area (Å²) in [6.45, 7) is 2.46. The molecule has 0 aliphatic heterocycles. The Morgan fingerprint density at radius 1 is 0.971 bits per heavy atom. The predicted octanol–water partition coefficient (Wildman–Crippen LogP) is 4.61. The van der Waals surface area contributed by atoms with E-state index in [1.54, 1.807) is 22.6 Å². The van der Waals surface area contributed by atoms with E-state index in [0.717, 1.165) is 34.3 Å². The molecule has 0 fully saturated rings. The number of para-hydroxylation sites is 1. The molecule has 1 amide bonds. The maximum Gasteiger partial charge on any atom is 0.278 e. The van der Waals surface area contributed by atoms with Gasteiger partial charge in [0.25, 0.3) is 5.56 Å². The lowest BCUT2D eigenvalue weighted by Gasteiger charge is -2.10. The van der Waals surface area contributed by atoms with E-state index in [4.69, 9.17) is 4.74 Å². The van der Waals surface area contributed by atoms with Crippen LogP contribution in [-0.4, -0.2) is 27.1 Å². The van der Waals surface area contributed by atoms with Gasteiger partial charge in [0, 0.05) is 11.1 Å². The molecule has 7 nitrogen and oxygen atoms in total. The summed E-state index contributed by atoms with van der Waals surface area (Å²) >= 11 is 0. The van der Waals surface area contributed by atoms with Gasteiger partial charge < -0.3 is 14.6 Å². The van der Waals surface area contributed by atoms with Gasteiger partial charge in [0.15, 0.2) is 0 Å². The molecule has 2 aromatic heterocycles. The second-order valence-electron chi connectivity index (χ2n) is 8.42. The Balaban J connectivity index is 1.52. The molecule has 0 unspecified atom stereocenters. The van der Waals surface area contributed by atoms with Crippen molar-refractivity contribution in [2.24, 2.45) is 0 Å². The lowest BCUT2D eigenvalue weighted by atomic mass is 10.1. The second-order valence-corrected chi connectivity index (χ2v) is 8.42. The maximum atomic E-state index is 13.6. The fourth-order valence-corrected chi connectivity index (χ4v) is 4.32. The average molecular weight is 467 g/mol. The van der Waals surface area contributed by atoms with Crippen molar-refractivity contribution in [1.82, 2.24) is 14.1 Å². The number of benzene rings is 3. The monoisotopic (exact) mass is 466 g/mol. The SMILES string of the molecule is CCc1ccc(NC(=O)Cn2c3ccccc3c3ncn(Cc4ccc(OC)cc4)c(=O)c32)cc1. The van der Waals surface area contributed by atoms with Crippen LogP contribution in [0.2, 0.25) is 0 Å². The van der Waals surface area contributed by atoms with Gasteiger partial charge in [-0.15, -0.1) is 0 Å². The molecule has 3 aromatic carbocycles. The number of carbonyl (C=O) groups is 1. The number of nitrogens with zero attached hydrogens (tertiary/aromatic N) is 3. The Bertz CT molecular complexity index is 1570. The topological polar surface area (TPSA) is 78.2 Å². The molecule has 0 aliphatic rings. The highest BCUT2D eigenvalue weighted by atomic mass is 16.5. The van der Waals surface area contributed by atoms with Crippen LogP contribution in [0.4, 0.5) is 5.69 Å². The smallest absolute Gasteiger partial charge is 0.278 e. The van der Waals surface area contributed by atoms with E-state index in [1.807, 2.05) is 72.8 Å². The Kier molecular flexibility index (Phi) is 6.06. The van der Waals surface area contributed by atoms with E-state index >= 15 is 0 Å². The predicted molar refractivity (Wildman–Crippen MR) is 138 cm³/mol. The van der Waals surface area contributed by atoms with Crippen molar-refractivity contribution in [2.45, 2.75) is 26.4 Å². The molecule has 0 spiro atoms. The van der Waals surface area contributed by atoms with E-state index in [9.17, 15) is 9.59 Å². The highest BCUT2D eigenvalue weighted by Crippen LogP contribution is 2.25. The van der Waals surface area contributed by atoms with Crippen molar-refractivity contribution in [1.29, 1.82) is 0 Å². The minimum absolute atomic E-state index is 0.00299. The molecular formula is C28H26N4O3. The summed E-state index contributed by atoms with van der Waals surface area (Å²) in [5.41, 5.74) is 4.49. The van der Waals surface area contributed by atoms with Gasteiger partial charge >= 0.3 is 0 Å². The van der Waals surface area contributed by atoms with E-state index < -0.39 is 0 Å². The first-order chi connectivity index (χ1) is 17.1. The van der Waals surface area contributed by atoms with Gasteiger partial charge in [0.05, 0.1) is 25.5 Å². The number of anilines is 1. The number of amides is 1. The minimum Gasteiger partial charge on any atom is -0.497 e. The molecule has 0 bridgehead atoms. The summed E-state index contributed by atoms with van der Waals surface area (Å²) in [6.07, 6.45) is 2.51. The number of rotatable bonds is 7. The zero-order chi connectivity index (χ0) is 24.4. The van der Waals surface area contributed by atoms with Crippen molar-refractivity contribution in [3.8, 4) is 5.75 Å². The van der Waals surface area contributed by atoms with Crippen LogP contribution in [0.15, 0.2) is 83.9 Å². The highest BCUT2D eigenvalue weighted by molar-refractivity contribution is 6.06. The Morgan fingerprint density at radius 2 is 1.69 bits per heavy atom. The first-order valence-electron chi connectivity index (χ1n) is 11.6. The second kappa shape index (κ2) is 9.46. The molecule has 0 radical (unpaired) electrons. The Labute approximate surface area is 202 Å². The summed E-state index contributed by atoms with van der Waals surface area (Å²) in [5, 5.41) is 3.79. The van der Waals surface area contributed by atoms with Crippen LogP contribution in [0, 0.1) is 0 Å². The third-order valence-electron chi connectivity index (χ3n) is 6.19. The number of hydrogen-bond acceptors (Lipinski definition) is 4. The molecular weight excluding hydrogens is 440 g/mol. The quantitative estimate of drug-likeness (QED) is 0.380. The number of ether oxygens (including phenoxy) is 1. The average Bonchev–Trinajstić information content (AvgIpc) is 3.20. The molecule has 0 saturated heterocycles. The lowest BCUT2D eigenvalue weighted by Crippen LogP contribution is -2.25. The zero-order valence-corrected chi connectivity index (χ0v) is 19.7. The lowest BCUT2D eigenvalue weighted by molar-refractivity contribution is -0.116. The van der Waals surface area contributed by atoms with Gasteiger partial charge in [-0.25, -0.2) is 4.98 Å². The van der Waals surface area contributed by atoms with Crippen LogP contribution >= 0.6 is 0 Å². The summed E-state index contributed by atoms with van der Waals surface area (Å²) in [5.74, 6) is 0.548. The number of hydrogen-bond donors (Lipinski definition) is 1. The van der Waals surface area contributed by atoms with Crippen molar-refractivity contribution < 1.29 is 9.53 Å². The van der Waals surface area contributed by atoms with Crippen molar-refractivity contribution in [3.05, 3.63) is 101 Å². The largest absolute Gasteiger partial charge is 0.497 e. The minimum atomic E-state index is -0.207. The molecule has 5 aromatic rings. The number of fused-ring (bicyclic) bond motifs is 3. The van der Waals surface area contributed by atoms with E-state index in [-0.39, 0.29) is 18.0 Å². The summed E-state index contributed by atoms with van der Waals surface area (Å²) in [4.78, 5) is 31.2. The molecule has 5 rings (SSSR count). The zero-order valence-electron chi connectivity index (χ0n) is 19.7. The fourth-order valence-electron chi connectivity index (χ4n) is 4.32. The van der Waals surface area contributed by atoms with E-state index in [2.05, 4.69) is 17.2 Å². The molecule has 0 aliphatic carbocycles. The van der Waals surface area contributed by atoms with Crippen molar-refractivity contribution in [3.63, 3.8) is 0 Å². The Morgan fingerprint density at radius 3 is 2.40 bits per heavy atom. The van der Waals surface area contributed by atoms with Gasteiger partial charge in [-0.05, 0) is 47.9 Å². The first-order valence-corrected chi connectivity index (χ1v) is 11.6. The van der Waals surface area contributed by atoms with Gasteiger partial charge in [0.1, 0.15) is 23.3 Å². The van der Waals surface area contributed by atoms with Crippen LogP contribution in [0.25, 0.3) is 21.9 Å². The molecule has 0 saturated carbocycles. The summed E-state index contributed by atoms with van der Waals surface area (Å²) in [7, 11) is 1.62. The van der Waals surface area contributed by atoms with Crippen LogP contribution < -0.4 is 15.6 Å². The van der Waals surface area contributed by atoms with Gasteiger partial charge in [-0.1, -0.05) is 49.4 Å². The number of carbonyl (C=O) groups excluding carboxylic acids is 1. The van der Waals surface area contributed by atoms with Gasteiger partial charge in [-0.2, -0.15) is 0 Å². The number of aryl methyl sites for hydroxylation is 1. The molecule has 35 heavy (non-hydrogen) atoms. The first kappa shape index (κ1) is 22.4. The number of methoxy groups -OCH3 is 1. The normalized spacial score (nSPS) is 11.1. The molecule has 1 N–H and O–H groups in total. The van der Waals surface area contributed by atoms with Gasteiger partial charge in [0.2, 0.25) is 5.91 Å². The molecule has 176 valence electrons. The third-order valence-corrected chi connectivity index (χ3v) is 6.19. The van der Waals surface area contributed by atoms with Crippen LogP contribution in [0.5, 0.6) is 5.75 Å². The maximum absolute atomic E-state index is 13.6. The third kappa shape index (κ3) is 4.40. The molecule has 2 heterocycles. The van der Waals surface area contributed by atoms with E-state index in [0.29, 0.717) is 17.6 Å². The molecule has 7 heteroatoms. The van der Waals surface area contributed by atoms with Crippen LogP contribution in [-0.2, 0) is 24.3 Å². The van der Waals surface area contributed by atoms with Gasteiger partial charge in [-0.3, -0.25) is 14.2 Å². The number of nitrogens with one attached hydrogen (secondary N) is 1. The number of aromatic nitrogens is 3. The summed E-state index contributed by atoms with van der Waals surface area (Å²) < 4.78 is 8.55. The van der Waals surface area contributed by atoms with Crippen LogP contribution in [0.1, 0.15) is 18.1 Å². The summed E-state index contributed by atoms with van der Waals surface area (Å²) in [6, 6.07) is 23.0. The van der Waals surface area contributed by atoms with Crippen LogP contribution in [0.3, 0.4) is 0 Å². The van der Waals surface area contributed by atoms with E-state index in [1.165, 1.54) is 5.56 Å². The highest BCUT2D eigenvalue weighted by Gasteiger charge is 2.18. The van der Waals surface area contributed by atoms with Crippen molar-refractivity contribution >= 4 is 33.5 Å². The molecule has 0 atom stereocenters. The Hall–Kier alpha value is -4.39. The standard InChI is InChI=1S/C28H26N4O3/c1-3-19-8-12-21(13-9-19)30-25(33)17-32-24-7-5-4-6-23(24)26-27(32)28(34)31(18-29-26)16-20-10-14-22(35-2)15-11-20/h4-15,18H,3,16-17H2,1-2H3,(H,30,33). The fraction of sp³-hybridized carbons (Fsp3) is 0.179.